The number of rotatable bonds is 3. The number of benzene rings is 2. The number of fused-ring (bicyclic) bond motifs is 3. The normalized spacial score (nSPS) is 12.4. The van der Waals surface area contributed by atoms with Gasteiger partial charge >= 0.3 is 5.97 Å². The van der Waals surface area contributed by atoms with Crippen molar-refractivity contribution in [2.24, 2.45) is 0 Å². The van der Waals surface area contributed by atoms with Gasteiger partial charge in [0.15, 0.2) is 5.69 Å². The lowest BCUT2D eigenvalue weighted by Crippen LogP contribution is -2.11. The van der Waals surface area contributed by atoms with Gasteiger partial charge in [-0.25, -0.2) is 9.48 Å². The van der Waals surface area contributed by atoms with E-state index < -0.39 is 0 Å². The number of para-hydroxylation sites is 1. The van der Waals surface area contributed by atoms with Crippen molar-refractivity contribution in [3.63, 3.8) is 0 Å². The fourth-order valence-corrected chi connectivity index (χ4v) is 3.38. The predicted molar refractivity (Wildman–Crippen MR) is 96.8 cm³/mol. The molecule has 0 fully saturated rings. The van der Waals surface area contributed by atoms with Gasteiger partial charge in [-0.15, -0.1) is 0 Å². The second-order valence-corrected chi connectivity index (χ2v) is 6.06. The number of hydrogen-bond acceptors (Lipinski definition) is 4. The van der Waals surface area contributed by atoms with Crippen LogP contribution in [0.5, 0.6) is 0 Å². The molecule has 0 bridgehead atoms. The molecular weight excluding hydrogens is 314 g/mol. The van der Waals surface area contributed by atoms with Crippen molar-refractivity contribution >= 4 is 11.7 Å². The number of aromatic nitrogens is 2. The summed E-state index contributed by atoms with van der Waals surface area (Å²) in [4.78, 5) is 12.4. The standard InChI is InChI=1S/C20H19N3O2/c1-2-25-20(24)18-16-11-9-13-8-10-14(21)12-17(13)19(16)23(22-18)15-6-4-3-5-7-15/h3-8,10,12H,2,9,11,21H2,1H3. The number of nitrogen functional groups attached to an aromatic ring is 1. The quantitative estimate of drug-likeness (QED) is 0.589. The highest BCUT2D eigenvalue weighted by Crippen LogP contribution is 2.38. The van der Waals surface area contributed by atoms with Crippen molar-refractivity contribution in [3.8, 4) is 16.9 Å². The Bertz CT molecular complexity index is 945. The smallest absolute Gasteiger partial charge is 0.359 e. The predicted octanol–water partition coefficient (Wildman–Crippen LogP) is 3.40. The summed E-state index contributed by atoms with van der Waals surface area (Å²) in [7, 11) is 0. The number of ether oxygens (including phenoxy) is 1. The number of anilines is 1. The molecule has 1 aliphatic carbocycles. The molecule has 5 nitrogen and oxygen atoms in total. The van der Waals surface area contributed by atoms with E-state index >= 15 is 0 Å². The first-order valence-corrected chi connectivity index (χ1v) is 8.42. The number of hydrogen-bond donors (Lipinski definition) is 1. The van der Waals surface area contributed by atoms with Crippen LogP contribution in [0.15, 0.2) is 48.5 Å². The molecule has 2 aromatic carbocycles. The summed E-state index contributed by atoms with van der Waals surface area (Å²) in [5.41, 5.74) is 12.1. The van der Waals surface area contributed by atoms with Crippen molar-refractivity contribution in [2.45, 2.75) is 19.8 Å². The molecule has 0 aliphatic heterocycles. The third-order valence-corrected chi connectivity index (χ3v) is 4.49. The Kier molecular flexibility index (Phi) is 3.76. The highest BCUT2D eigenvalue weighted by atomic mass is 16.5. The summed E-state index contributed by atoms with van der Waals surface area (Å²) in [6, 6.07) is 15.7. The summed E-state index contributed by atoms with van der Waals surface area (Å²) in [5.74, 6) is -0.374. The number of nitrogens with zero attached hydrogens (tertiary/aromatic N) is 2. The van der Waals surface area contributed by atoms with Crippen molar-refractivity contribution < 1.29 is 9.53 Å². The maximum absolute atomic E-state index is 12.4. The Morgan fingerprint density at radius 1 is 1.20 bits per heavy atom. The van der Waals surface area contributed by atoms with Crippen molar-refractivity contribution in [1.29, 1.82) is 0 Å². The van der Waals surface area contributed by atoms with Gasteiger partial charge < -0.3 is 10.5 Å². The first kappa shape index (κ1) is 15.4. The van der Waals surface area contributed by atoms with E-state index in [1.54, 1.807) is 6.92 Å². The number of carbonyl (C=O) groups excluding carboxylic acids is 1. The lowest BCUT2D eigenvalue weighted by molar-refractivity contribution is 0.0517. The van der Waals surface area contributed by atoms with E-state index in [0.717, 1.165) is 35.3 Å². The average molecular weight is 333 g/mol. The van der Waals surface area contributed by atoms with Crippen molar-refractivity contribution in [1.82, 2.24) is 9.78 Å². The second-order valence-electron chi connectivity index (χ2n) is 6.06. The highest BCUT2D eigenvalue weighted by molar-refractivity contribution is 5.92. The molecule has 0 spiro atoms. The lowest BCUT2D eigenvalue weighted by Gasteiger charge is -2.19. The molecule has 1 aliphatic rings. The first-order valence-electron chi connectivity index (χ1n) is 8.42. The van der Waals surface area contributed by atoms with Crippen LogP contribution in [0, 0.1) is 0 Å². The maximum atomic E-state index is 12.4. The van der Waals surface area contributed by atoms with Gasteiger partial charge in [-0.1, -0.05) is 24.3 Å². The van der Waals surface area contributed by atoms with Crippen LogP contribution < -0.4 is 5.73 Å². The van der Waals surface area contributed by atoms with Crippen LogP contribution in [0.25, 0.3) is 16.9 Å². The van der Waals surface area contributed by atoms with Gasteiger partial charge in [-0.2, -0.15) is 5.10 Å². The molecule has 0 amide bonds. The van der Waals surface area contributed by atoms with Crippen molar-refractivity contribution in [3.05, 3.63) is 65.4 Å². The van der Waals surface area contributed by atoms with Crippen LogP contribution in [-0.4, -0.2) is 22.4 Å². The summed E-state index contributed by atoms with van der Waals surface area (Å²) in [6.07, 6.45) is 1.61. The fourth-order valence-electron chi connectivity index (χ4n) is 3.38. The molecule has 5 heteroatoms. The maximum Gasteiger partial charge on any atom is 0.359 e. The van der Waals surface area contributed by atoms with Gasteiger partial charge in [0.2, 0.25) is 0 Å². The van der Waals surface area contributed by atoms with E-state index in [1.165, 1.54) is 5.56 Å². The summed E-state index contributed by atoms with van der Waals surface area (Å²) in [6.45, 7) is 2.13. The summed E-state index contributed by atoms with van der Waals surface area (Å²) < 4.78 is 7.05. The minimum atomic E-state index is -0.374. The third-order valence-electron chi connectivity index (χ3n) is 4.49. The van der Waals surface area contributed by atoms with E-state index in [9.17, 15) is 4.79 Å². The molecule has 0 atom stereocenters. The molecule has 25 heavy (non-hydrogen) atoms. The van der Waals surface area contributed by atoms with Gasteiger partial charge in [-0.3, -0.25) is 0 Å². The fraction of sp³-hybridized carbons (Fsp3) is 0.200. The van der Waals surface area contributed by atoms with E-state index in [0.29, 0.717) is 18.0 Å². The molecule has 0 radical (unpaired) electrons. The summed E-state index contributed by atoms with van der Waals surface area (Å²) in [5, 5.41) is 4.61. The van der Waals surface area contributed by atoms with E-state index in [1.807, 2.05) is 47.1 Å². The van der Waals surface area contributed by atoms with E-state index in [-0.39, 0.29) is 5.97 Å². The molecule has 0 unspecified atom stereocenters. The highest BCUT2D eigenvalue weighted by Gasteiger charge is 2.29. The monoisotopic (exact) mass is 333 g/mol. The lowest BCUT2D eigenvalue weighted by atomic mass is 9.88. The number of esters is 1. The SMILES string of the molecule is CCOC(=O)c1nn(-c2ccccc2)c2c1CCc1ccc(N)cc1-2. The molecule has 1 heterocycles. The molecule has 1 aromatic heterocycles. The zero-order valence-electron chi connectivity index (χ0n) is 14.0. The molecule has 126 valence electrons. The summed E-state index contributed by atoms with van der Waals surface area (Å²) >= 11 is 0. The zero-order valence-corrected chi connectivity index (χ0v) is 14.0. The Hall–Kier alpha value is -3.08. The van der Waals surface area contributed by atoms with Crippen LogP contribution in [-0.2, 0) is 17.6 Å². The Morgan fingerprint density at radius 2 is 2.00 bits per heavy atom. The van der Waals surface area contributed by atoms with Crippen LogP contribution in [0.4, 0.5) is 5.69 Å². The van der Waals surface area contributed by atoms with Crippen LogP contribution in [0.1, 0.15) is 28.5 Å². The molecular formula is C20H19N3O2. The van der Waals surface area contributed by atoms with Gasteiger partial charge in [-0.05, 0) is 49.6 Å². The van der Waals surface area contributed by atoms with Crippen LogP contribution >= 0.6 is 0 Å². The Morgan fingerprint density at radius 3 is 2.76 bits per heavy atom. The number of aryl methyl sites for hydroxylation is 1. The van der Waals surface area contributed by atoms with E-state index in [4.69, 9.17) is 10.5 Å². The Balaban J connectivity index is 1.98. The molecule has 2 N–H and O–H groups in total. The van der Waals surface area contributed by atoms with Gasteiger partial charge in [0.25, 0.3) is 0 Å². The van der Waals surface area contributed by atoms with Crippen LogP contribution in [0.3, 0.4) is 0 Å². The Labute approximate surface area is 146 Å². The minimum Gasteiger partial charge on any atom is -0.461 e. The van der Waals surface area contributed by atoms with Crippen LogP contribution in [0.2, 0.25) is 0 Å². The van der Waals surface area contributed by atoms with Crippen molar-refractivity contribution in [2.75, 3.05) is 12.3 Å². The van der Waals surface area contributed by atoms with E-state index in [2.05, 4.69) is 11.2 Å². The van der Waals surface area contributed by atoms with Gasteiger partial charge in [0.05, 0.1) is 18.0 Å². The second kappa shape index (κ2) is 6.09. The number of nitrogens with two attached hydrogens (primary N) is 1. The first-order chi connectivity index (χ1) is 12.2. The minimum absolute atomic E-state index is 0.329. The zero-order chi connectivity index (χ0) is 17.4. The third kappa shape index (κ3) is 2.58. The number of carbonyl (C=O) groups is 1. The molecule has 4 rings (SSSR count). The van der Waals surface area contributed by atoms with Gasteiger partial charge in [0, 0.05) is 16.8 Å². The largest absolute Gasteiger partial charge is 0.461 e. The topological polar surface area (TPSA) is 70.1 Å². The average Bonchev–Trinajstić information content (AvgIpc) is 3.03. The molecule has 0 saturated carbocycles. The molecule has 3 aromatic rings. The van der Waals surface area contributed by atoms with Gasteiger partial charge in [0.1, 0.15) is 0 Å². The molecule has 0 saturated heterocycles.